The molecule has 0 atom stereocenters. The van der Waals surface area contributed by atoms with Crippen LogP contribution in [0.15, 0.2) is 10.2 Å². The van der Waals surface area contributed by atoms with Crippen LogP contribution in [0, 0.1) is 0 Å². The van der Waals surface area contributed by atoms with E-state index in [1.54, 1.807) is 0 Å². The molecule has 5 N–H and O–H groups in total. The second-order valence-corrected chi connectivity index (χ2v) is 2.35. The van der Waals surface area contributed by atoms with Crippen LogP contribution in [0.1, 0.15) is 0 Å². The van der Waals surface area contributed by atoms with E-state index in [9.17, 15) is 9.59 Å². The van der Waals surface area contributed by atoms with Crippen molar-refractivity contribution >= 4 is 23.4 Å². The van der Waals surface area contributed by atoms with Crippen LogP contribution in [0.5, 0.6) is 0 Å². The highest BCUT2D eigenvalue weighted by Gasteiger charge is 2.17. The van der Waals surface area contributed by atoms with Gasteiger partial charge in [-0.25, -0.2) is 0 Å². The third kappa shape index (κ3) is 2.04. The molecule has 1 aliphatic rings. The number of hydrogen-bond acceptors (Lipinski definition) is 7. The molecule has 0 fully saturated rings. The first-order chi connectivity index (χ1) is 6.69. The highest BCUT2D eigenvalue weighted by molar-refractivity contribution is 6.43. The van der Waals surface area contributed by atoms with Crippen LogP contribution in [0.4, 0.5) is 0 Å². The third-order valence-electron chi connectivity index (χ3n) is 1.44. The van der Waals surface area contributed by atoms with Gasteiger partial charge in [0.1, 0.15) is 0 Å². The fourth-order valence-corrected chi connectivity index (χ4v) is 0.709. The van der Waals surface area contributed by atoms with Crippen molar-refractivity contribution in [2.75, 3.05) is 13.6 Å². The summed E-state index contributed by atoms with van der Waals surface area (Å²) < 4.78 is 0. The molecule has 0 spiro atoms. The fraction of sp³-hybridized carbons (Fsp3) is 0.333. The molecule has 14 heavy (non-hydrogen) atoms. The molecule has 0 saturated carbocycles. The molecule has 0 aromatic heterocycles. The Morgan fingerprint density at radius 3 is 2.36 bits per heavy atom. The topological polar surface area (TPSA) is 121 Å². The zero-order valence-corrected chi connectivity index (χ0v) is 7.50. The second kappa shape index (κ2) is 4.33. The lowest BCUT2D eigenvalue weighted by Gasteiger charge is -2.11. The zero-order chi connectivity index (χ0) is 10.6. The van der Waals surface area contributed by atoms with E-state index in [2.05, 4.69) is 26.4 Å². The van der Waals surface area contributed by atoms with Crippen LogP contribution in [0.3, 0.4) is 0 Å². The Morgan fingerprint density at radius 1 is 1.36 bits per heavy atom. The number of carbonyl (C=O) groups is 2. The summed E-state index contributed by atoms with van der Waals surface area (Å²) in [6.45, 7) is -0.168. The number of nitrogens with zero attached hydrogens (tertiary/aromatic N) is 2. The maximum absolute atomic E-state index is 11.0. The van der Waals surface area contributed by atoms with Gasteiger partial charge in [-0.2, -0.15) is 5.10 Å². The number of hydrogen-bond donors (Lipinski definition) is 4. The second-order valence-electron chi connectivity index (χ2n) is 2.35. The number of amidine groups is 2. The van der Waals surface area contributed by atoms with E-state index < -0.39 is 11.7 Å². The van der Waals surface area contributed by atoms with Crippen LogP contribution in [0.25, 0.3) is 0 Å². The molecule has 0 saturated heterocycles. The van der Waals surface area contributed by atoms with Crippen LogP contribution in [-0.2, 0) is 9.59 Å². The molecular weight excluding hydrogens is 188 g/mol. The SMILES string of the molecule is CNC(=O)C1=NNC(C(=O)CN)=NN1. The van der Waals surface area contributed by atoms with Gasteiger partial charge in [0, 0.05) is 7.05 Å². The lowest BCUT2D eigenvalue weighted by atomic mass is 10.4. The van der Waals surface area contributed by atoms with Gasteiger partial charge in [0.05, 0.1) is 6.54 Å². The van der Waals surface area contributed by atoms with Gasteiger partial charge < -0.3 is 11.1 Å². The van der Waals surface area contributed by atoms with Gasteiger partial charge in [0.2, 0.25) is 17.5 Å². The van der Waals surface area contributed by atoms with Crippen LogP contribution in [-0.4, -0.2) is 37.0 Å². The van der Waals surface area contributed by atoms with Gasteiger partial charge in [0.25, 0.3) is 5.91 Å². The van der Waals surface area contributed by atoms with Gasteiger partial charge in [-0.15, -0.1) is 5.10 Å². The number of carbonyl (C=O) groups excluding carboxylic acids is 2. The molecule has 0 aromatic rings. The number of ketones is 1. The number of rotatable bonds is 3. The maximum atomic E-state index is 11.0. The summed E-state index contributed by atoms with van der Waals surface area (Å²) in [6.07, 6.45) is 0. The molecule has 0 bridgehead atoms. The molecule has 1 aliphatic heterocycles. The van der Waals surface area contributed by atoms with E-state index in [1.807, 2.05) is 0 Å². The minimum atomic E-state index is -0.430. The normalized spacial score (nSPS) is 14.4. The van der Waals surface area contributed by atoms with E-state index in [0.29, 0.717) is 0 Å². The first-order valence-electron chi connectivity index (χ1n) is 3.81. The predicted molar refractivity (Wildman–Crippen MR) is 49.3 cm³/mol. The Morgan fingerprint density at radius 2 is 1.93 bits per heavy atom. The molecule has 8 heteroatoms. The lowest BCUT2D eigenvalue weighted by Crippen LogP contribution is -2.45. The number of Topliss-reactive ketones (excluding diaryl/α,β-unsaturated/α-hetero) is 1. The lowest BCUT2D eigenvalue weighted by molar-refractivity contribution is -0.115. The highest BCUT2D eigenvalue weighted by atomic mass is 16.2. The summed E-state index contributed by atoms with van der Waals surface area (Å²) in [5, 5.41) is 9.51. The van der Waals surface area contributed by atoms with Gasteiger partial charge in [-0.3, -0.25) is 20.4 Å². The van der Waals surface area contributed by atoms with E-state index in [0.717, 1.165) is 0 Å². The van der Waals surface area contributed by atoms with E-state index in [-0.39, 0.29) is 18.2 Å². The summed E-state index contributed by atoms with van der Waals surface area (Å²) in [5.74, 6) is -0.848. The summed E-state index contributed by atoms with van der Waals surface area (Å²) in [7, 11) is 1.46. The van der Waals surface area contributed by atoms with Crippen LogP contribution >= 0.6 is 0 Å². The standard InChI is InChI=1S/C6H10N6O2/c1-8-6(14)5-11-9-4(10-12-5)3(13)2-7/h2,7H2,1H3,(H,8,14)(H,9,10)(H,11,12). The quantitative estimate of drug-likeness (QED) is 0.387. The van der Waals surface area contributed by atoms with Crippen molar-refractivity contribution in [1.29, 1.82) is 0 Å². The van der Waals surface area contributed by atoms with Crippen LogP contribution in [0.2, 0.25) is 0 Å². The molecule has 1 amide bonds. The maximum Gasteiger partial charge on any atom is 0.290 e. The number of likely N-dealkylation sites (N-methyl/N-ethyl adjacent to an activating group) is 1. The Hall–Kier alpha value is -1.96. The van der Waals surface area contributed by atoms with Crippen molar-refractivity contribution in [1.82, 2.24) is 16.2 Å². The zero-order valence-electron chi connectivity index (χ0n) is 7.50. The van der Waals surface area contributed by atoms with E-state index >= 15 is 0 Å². The largest absolute Gasteiger partial charge is 0.352 e. The van der Waals surface area contributed by atoms with E-state index in [4.69, 9.17) is 5.73 Å². The van der Waals surface area contributed by atoms with Gasteiger partial charge in [-0.05, 0) is 0 Å². The Balaban J connectivity index is 2.61. The number of nitrogens with one attached hydrogen (secondary N) is 3. The van der Waals surface area contributed by atoms with Crippen molar-refractivity contribution in [3.8, 4) is 0 Å². The molecule has 0 radical (unpaired) electrons. The molecule has 0 unspecified atom stereocenters. The molecule has 1 rings (SSSR count). The van der Waals surface area contributed by atoms with Crippen molar-refractivity contribution in [2.45, 2.75) is 0 Å². The summed E-state index contributed by atoms with van der Waals surface area (Å²) >= 11 is 0. The highest BCUT2D eigenvalue weighted by Crippen LogP contribution is 1.84. The molecule has 1 heterocycles. The monoisotopic (exact) mass is 198 g/mol. The average molecular weight is 198 g/mol. The Bertz CT molecular complexity index is 288. The Kier molecular flexibility index (Phi) is 3.13. The number of amides is 1. The minimum Gasteiger partial charge on any atom is -0.352 e. The number of nitrogens with two attached hydrogens (primary N) is 1. The molecule has 0 aliphatic carbocycles. The first kappa shape index (κ1) is 10.1. The third-order valence-corrected chi connectivity index (χ3v) is 1.44. The molecule has 76 valence electrons. The summed E-state index contributed by atoms with van der Waals surface area (Å²) in [6, 6.07) is 0. The van der Waals surface area contributed by atoms with Crippen molar-refractivity contribution in [2.24, 2.45) is 15.9 Å². The average Bonchev–Trinajstić information content (AvgIpc) is 2.27. The van der Waals surface area contributed by atoms with Gasteiger partial charge in [-0.1, -0.05) is 0 Å². The summed E-state index contributed by atoms with van der Waals surface area (Å²) in [4.78, 5) is 22.0. The van der Waals surface area contributed by atoms with Crippen molar-refractivity contribution in [3.63, 3.8) is 0 Å². The molecule has 0 aromatic carbocycles. The molecule has 8 nitrogen and oxygen atoms in total. The van der Waals surface area contributed by atoms with Gasteiger partial charge in [0.15, 0.2) is 0 Å². The Labute approximate surface area is 79.6 Å². The fourth-order valence-electron chi connectivity index (χ4n) is 0.709. The minimum absolute atomic E-state index is 0.0129. The van der Waals surface area contributed by atoms with Gasteiger partial charge >= 0.3 is 0 Å². The summed E-state index contributed by atoms with van der Waals surface area (Å²) in [5.41, 5.74) is 9.74. The smallest absolute Gasteiger partial charge is 0.290 e. The van der Waals surface area contributed by atoms with E-state index in [1.165, 1.54) is 7.05 Å². The van der Waals surface area contributed by atoms with Crippen molar-refractivity contribution in [3.05, 3.63) is 0 Å². The first-order valence-corrected chi connectivity index (χ1v) is 3.81. The predicted octanol–water partition coefficient (Wildman–Crippen LogP) is -2.92. The number of hydrazone groups is 2. The molecular formula is C6H10N6O2. The van der Waals surface area contributed by atoms with Crippen molar-refractivity contribution < 1.29 is 9.59 Å². The van der Waals surface area contributed by atoms with Crippen LogP contribution < -0.4 is 21.9 Å².